The van der Waals surface area contributed by atoms with Gasteiger partial charge in [0.25, 0.3) is 0 Å². The summed E-state index contributed by atoms with van der Waals surface area (Å²) in [4.78, 5) is 6.79. The van der Waals surface area contributed by atoms with E-state index in [1.165, 1.54) is 11.3 Å². The maximum absolute atomic E-state index is 6.14. The van der Waals surface area contributed by atoms with Gasteiger partial charge < -0.3 is 10.6 Å². The number of benzene rings is 1. The molecule has 2 rings (SSSR count). The second-order valence-corrected chi connectivity index (χ2v) is 7.34. The highest BCUT2D eigenvalue weighted by Gasteiger charge is 2.12. The van der Waals surface area contributed by atoms with Gasteiger partial charge in [-0.25, -0.2) is 4.98 Å². The minimum Gasteiger partial charge on any atom is -0.368 e. The molecule has 114 valence electrons. The number of thiazole rings is 1. The number of aryl methyl sites for hydroxylation is 1. The molecule has 2 aromatic rings. The molecule has 5 heteroatoms. The number of nitrogens with two attached hydrogens (primary N) is 1. The second kappa shape index (κ2) is 7.38. The number of aromatic nitrogens is 1. The molecule has 0 saturated heterocycles. The highest BCUT2D eigenvalue weighted by molar-refractivity contribution is 9.10. The fourth-order valence-electron chi connectivity index (χ4n) is 2.33. The van der Waals surface area contributed by atoms with Gasteiger partial charge in [0.1, 0.15) is 0 Å². The number of hydrogen-bond acceptors (Lipinski definition) is 4. The molecule has 0 spiro atoms. The average Bonchev–Trinajstić information content (AvgIpc) is 2.84. The third kappa shape index (κ3) is 4.53. The number of halogens is 1. The lowest BCUT2D eigenvalue weighted by Crippen LogP contribution is -2.24. The Morgan fingerprint density at radius 2 is 2.19 bits per heavy atom. The van der Waals surface area contributed by atoms with E-state index in [1.807, 2.05) is 6.92 Å². The summed E-state index contributed by atoms with van der Waals surface area (Å²) in [5, 5.41) is 3.24. The van der Waals surface area contributed by atoms with Gasteiger partial charge in [-0.15, -0.1) is 11.3 Å². The van der Waals surface area contributed by atoms with Crippen LogP contribution in [0.4, 0.5) is 5.69 Å². The highest BCUT2D eigenvalue weighted by Crippen LogP contribution is 2.26. The topological polar surface area (TPSA) is 42.1 Å². The Bertz CT molecular complexity index is 597. The smallest absolute Gasteiger partial charge is 0.0898 e. The van der Waals surface area contributed by atoms with Crippen molar-refractivity contribution in [1.82, 2.24) is 4.98 Å². The van der Waals surface area contributed by atoms with Crippen molar-refractivity contribution < 1.29 is 0 Å². The van der Waals surface area contributed by atoms with Gasteiger partial charge in [-0.05, 0) is 43.5 Å². The summed E-state index contributed by atoms with van der Waals surface area (Å²) in [6, 6.07) is 6.61. The van der Waals surface area contributed by atoms with E-state index in [0.717, 1.165) is 34.6 Å². The average molecular weight is 368 g/mol. The Kier molecular flexibility index (Phi) is 5.79. The Morgan fingerprint density at radius 3 is 2.81 bits per heavy atom. The lowest BCUT2D eigenvalue weighted by atomic mass is 10.0. The molecule has 1 heterocycles. The fraction of sp³-hybridized carbons (Fsp3) is 0.438. The van der Waals surface area contributed by atoms with Crippen molar-refractivity contribution in [3.05, 3.63) is 44.3 Å². The van der Waals surface area contributed by atoms with Crippen molar-refractivity contribution >= 4 is 33.0 Å². The lowest BCUT2D eigenvalue weighted by molar-refractivity contribution is 0.645. The van der Waals surface area contributed by atoms with Gasteiger partial charge in [-0.1, -0.05) is 22.9 Å². The Balaban J connectivity index is 2.20. The van der Waals surface area contributed by atoms with Gasteiger partial charge in [0, 0.05) is 28.6 Å². The zero-order valence-electron chi connectivity index (χ0n) is 12.8. The maximum atomic E-state index is 6.14. The first-order chi connectivity index (χ1) is 9.99. The molecule has 1 aromatic carbocycles. The SMILES string of the molecule is CCC(N)Cc1cc(Br)ccc1N(C)Cc1csc(C)n1. The van der Waals surface area contributed by atoms with Crippen LogP contribution in [-0.4, -0.2) is 18.1 Å². The summed E-state index contributed by atoms with van der Waals surface area (Å²) in [7, 11) is 2.11. The molecule has 0 fully saturated rings. The molecule has 1 unspecified atom stereocenters. The van der Waals surface area contributed by atoms with Crippen LogP contribution in [0, 0.1) is 6.92 Å². The summed E-state index contributed by atoms with van der Waals surface area (Å²) in [5.74, 6) is 0. The largest absolute Gasteiger partial charge is 0.368 e. The first kappa shape index (κ1) is 16.5. The van der Waals surface area contributed by atoms with E-state index in [1.54, 1.807) is 11.3 Å². The molecule has 0 aliphatic carbocycles. The number of rotatable bonds is 6. The molecule has 1 atom stereocenters. The van der Waals surface area contributed by atoms with Crippen LogP contribution >= 0.6 is 27.3 Å². The molecule has 21 heavy (non-hydrogen) atoms. The molecular weight excluding hydrogens is 346 g/mol. The summed E-state index contributed by atoms with van der Waals surface area (Å²) in [6.45, 7) is 4.99. The molecule has 0 bridgehead atoms. The normalized spacial score (nSPS) is 12.4. The lowest BCUT2D eigenvalue weighted by Gasteiger charge is -2.23. The third-order valence-corrected chi connectivity index (χ3v) is 4.84. The molecule has 0 radical (unpaired) electrons. The summed E-state index contributed by atoms with van der Waals surface area (Å²) >= 11 is 5.25. The molecule has 0 amide bonds. The van der Waals surface area contributed by atoms with Crippen molar-refractivity contribution in [3.8, 4) is 0 Å². The quantitative estimate of drug-likeness (QED) is 0.834. The van der Waals surface area contributed by atoms with Gasteiger partial charge in [0.15, 0.2) is 0 Å². The van der Waals surface area contributed by atoms with E-state index >= 15 is 0 Å². The Morgan fingerprint density at radius 1 is 1.43 bits per heavy atom. The van der Waals surface area contributed by atoms with E-state index < -0.39 is 0 Å². The minimum absolute atomic E-state index is 0.202. The summed E-state index contributed by atoms with van der Waals surface area (Å²) in [5.41, 5.74) is 9.77. The van der Waals surface area contributed by atoms with Crippen LogP contribution in [0.1, 0.15) is 29.6 Å². The second-order valence-electron chi connectivity index (χ2n) is 5.36. The highest BCUT2D eigenvalue weighted by atomic mass is 79.9. The Hall–Kier alpha value is -0.910. The first-order valence-corrected chi connectivity index (χ1v) is 8.83. The van der Waals surface area contributed by atoms with Crippen LogP contribution in [0.25, 0.3) is 0 Å². The van der Waals surface area contributed by atoms with Gasteiger partial charge in [-0.3, -0.25) is 0 Å². The molecule has 0 aliphatic heterocycles. The van der Waals surface area contributed by atoms with Crippen LogP contribution in [0.15, 0.2) is 28.1 Å². The van der Waals surface area contributed by atoms with Crippen molar-refractivity contribution in [2.24, 2.45) is 5.73 Å². The number of nitrogens with zero attached hydrogens (tertiary/aromatic N) is 2. The van der Waals surface area contributed by atoms with Crippen LogP contribution in [-0.2, 0) is 13.0 Å². The first-order valence-electron chi connectivity index (χ1n) is 7.15. The molecule has 0 saturated carbocycles. The van der Waals surface area contributed by atoms with Crippen molar-refractivity contribution in [3.63, 3.8) is 0 Å². The maximum Gasteiger partial charge on any atom is 0.0898 e. The van der Waals surface area contributed by atoms with Gasteiger partial charge in [0.2, 0.25) is 0 Å². The monoisotopic (exact) mass is 367 g/mol. The van der Waals surface area contributed by atoms with Gasteiger partial charge in [-0.2, -0.15) is 0 Å². The van der Waals surface area contributed by atoms with E-state index in [0.29, 0.717) is 0 Å². The van der Waals surface area contributed by atoms with Crippen LogP contribution < -0.4 is 10.6 Å². The van der Waals surface area contributed by atoms with Crippen molar-refractivity contribution in [1.29, 1.82) is 0 Å². The van der Waals surface area contributed by atoms with Crippen molar-refractivity contribution in [2.45, 2.75) is 39.3 Å². The predicted molar refractivity (Wildman–Crippen MR) is 95.1 cm³/mol. The van der Waals surface area contributed by atoms with E-state index in [-0.39, 0.29) is 6.04 Å². The molecule has 3 nitrogen and oxygen atoms in total. The molecule has 0 aliphatic rings. The van der Waals surface area contributed by atoms with Gasteiger partial charge in [0.05, 0.1) is 17.2 Å². The van der Waals surface area contributed by atoms with Gasteiger partial charge >= 0.3 is 0 Å². The van der Waals surface area contributed by atoms with Crippen molar-refractivity contribution in [2.75, 3.05) is 11.9 Å². The van der Waals surface area contributed by atoms with Crippen LogP contribution in [0.3, 0.4) is 0 Å². The summed E-state index contributed by atoms with van der Waals surface area (Å²) in [6.07, 6.45) is 1.88. The zero-order valence-corrected chi connectivity index (χ0v) is 15.2. The fourth-order valence-corrected chi connectivity index (χ4v) is 3.34. The third-order valence-electron chi connectivity index (χ3n) is 3.53. The molecular formula is C16H22BrN3S. The van der Waals surface area contributed by atoms with Crippen LogP contribution in [0.2, 0.25) is 0 Å². The minimum atomic E-state index is 0.202. The molecule has 1 aromatic heterocycles. The standard InChI is InChI=1S/C16H22BrN3S/c1-4-14(18)8-12-7-13(17)5-6-16(12)20(3)9-15-10-21-11(2)19-15/h5-7,10,14H,4,8-9,18H2,1-3H3. The van der Waals surface area contributed by atoms with E-state index in [4.69, 9.17) is 5.73 Å². The Labute approximate surface area is 139 Å². The number of hydrogen-bond donors (Lipinski definition) is 1. The zero-order chi connectivity index (χ0) is 15.4. The predicted octanol–water partition coefficient (Wildman–Crippen LogP) is 4.13. The summed E-state index contributed by atoms with van der Waals surface area (Å²) < 4.78 is 1.10. The molecule has 2 N–H and O–H groups in total. The van der Waals surface area contributed by atoms with E-state index in [9.17, 15) is 0 Å². The van der Waals surface area contributed by atoms with E-state index in [2.05, 4.69) is 63.4 Å². The van der Waals surface area contributed by atoms with Crippen LogP contribution in [0.5, 0.6) is 0 Å². The number of anilines is 1.